The zero-order valence-corrected chi connectivity index (χ0v) is 15.6. The van der Waals surface area contributed by atoms with E-state index in [4.69, 9.17) is 20.6 Å². The maximum absolute atomic E-state index is 6.22. The molecule has 136 valence electrons. The van der Waals surface area contributed by atoms with E-state index >= 15 is 0 Å². The zero-order valence-electron chi connectivity index (χ0n) is 14.8. The molecule has 27 heavy (non-hydrogen) atoms. The van der Waals surface area contributed by atoms with Crippen molar-refractivity contribution in [2.75, 3.05) is 0 Å². The van der Waals surface area contributed by atoms with Crippen LogP contribution in [0.1, 0.15) is 30.9 Å². The summed E-state index contributed by atoms with van der Waals surface area (Å²) in [6.07, 6.45) is 4.84. The summed E-state index contributed by atoms with van der Waals surface area (Å²) in [7, 11) is 0. The number of nitrogens with zero attached hydrogens (tertiary/aromatic N) is 5. The van der Waals surface area contributed by atoms with E-state index in [1.807, 2.05) is 22.8 Å². The van der Waals surface area contributed by atoms with E-state index in [2.05, 4.69) is 34.1 Å². The molecule has 0 atom stereocenters. The molecular formula is C19H16ClN5O2. The molecule has 4 heterocycles. The molecule has 0 spiro atoms. The first-order chi connectivity index (χ1) is 13.1. The minimum Gasteiger partial charge on any atom is -0.356 e. The molecule has 8 heteroatoms. The molecule has 0 saturated carbocycles. The number of aromatic nitrogens is 5. The highest BCUT2D eigenvalue weighted by Gasteiger charge is 2.27. The van der Waals surface area contributed by atoms with Crippen LogP contribution >= 0.6 is 11.6 Å². The molecule has 1 aromatic carbocycles. The van der Waals surface area contributed by atoms with Crippen LogP contribution in [0.25, 0.3) is 28.6 Å². The van der Waals surface area contributed by atoms with Gasteiger partial charge in [0.05, 0.1) is 17.6 Å². The maximum atomic E-state index is 6.22. The van der Waals surface area contributed by atoms with Gasteiger partial charge in [-0.25, -0.2) is 4.98 Å². The molecular weight excluding hydrogens is 366 g/mol. The summed E-state index contributed by atoms with van der Waals surface area (Å²) in [5, 5.41) is 8.70. The van der Waals surface area contributed by atoms with Crippen LogP contribution < -0.4 is 0 Å². The number of fused-ring (bicyclic) bond motifs is 5. The van der Waals surface area contributed by atoms with Crippen molar-refractivity contribution >= 4 is 11.6 Å². The molecule has 0 saturated heterocycles. The highest BCUT2D eigenvalue weighted by molar-refractivity contribution is 6.31. The van der Waals surface area contributed by atoms with Crippen molar-refractivity contribution in [3.63, 3.8) is 0 Å². The Morgan fingerprint density at radius 2 is 2.15 bits per heavy atom. The van der Waals surface area contributed by atoms with Gasteiger partial charge < -0.3 is 13.6 Å². The van der Waals surface area contributed by atoms with Crippen LogP contribution in [0.4, 0.5) is 0 Å². The molecule has 3 aromatic heterocycles. The Bertz CT molecular complexity index is 1140. The van der Waals surface area contributed by atoms with Gasteiger partial charge in [0.15, 0.2) is 17.3 Å². The van der Waals surface area contributed by atoms with E-state index < -0.39 is 0 Å². The third-order valence-corrected chi connectivity index (χ3v) is 4.83. The summed E-state index contributed by atoms with van der Waals surface area (Å²) >= 11 is 6.22. The van der Waals surface area contributed by atoms with Crippen LogP contribution in [0.3, 0.4) is 0 Å². The summed E-state index contributed by atoms with van der Waals surface area (Å²) in [5.41, 5.74) is 4.38. The molecule has 0 amide bonds. The number of hydrogen-bond acceptors (Lipinski definition) is 6. The fraction of sp³-hybridized carbons (Fsp3) is 0.263. The lowest BCUT2D eigenvalue weighted by molar-refractivity contribution is 0.416. The van der Waals surface area contributed by atoms with Gasteiger partial charge in [0.25, 0.3) is 5.89 Å². The number of imidazole rings is 1. The van der Waals surface area contributed by atoms with Gasteiger partial charge >= 0.3 is 0 Å². The molecule has 0 radical (unpaired) electrons. The van der Waals surface area contributed by atoms with Crippen molar-refractivity contribution in [1.29, 1.82) is 0 Å². The Balaban J connectivity index is 1.68. The van der Waals surface area contributed by atoms with Gasteiger partial charge in [-0.15, -0.1) is 0 Å². The lowest BCUT2D eigenvalue weighted by Crippen LogP contribution is -2.00. The molecule has 0 fully saturated rings. The largest absolute Gasteiger partial charge is 0.356 e. The molecule has 0 N–H and O–H groups in total. The Kier molecular flexibility index (Phi) is 3.65. The number of hydrogen-bond donors (Lipinski definition) is 0. The third kappa shape index (κ3) is 2.66. The lowest BCUT2D eigenvalue weighted by Gasteiger charge is -2.09. The first-order valence-corrected chi connectivity index (χ1v) is 9.11. The monoisotopic (exact) mass is 381 g/mol. The molecule has 0 bridgehead atoms. The van der Waals surface area contributed by atoms with Crippen molar-refractivity contribution < 1.29 is 9.05 Å². The van der Waals surface area contributed by atoms with Crippen LogP contribution in [-0.4, -0.2) is 24.8 Å². The van der Waals surface area contributed by atoms with Gasteiger partial charge in [-0.3, -0.25) is 0 Å². The van der Waals surface area contributed by atoms with E-state index in [9.17, 15) is 0 Å². The summed E-state index contributed by atoms with van der Waals surface area (Å²) in [6, 6.07) is 5.67. The average molecular weight is 382 g/mol. The van der Waals surface area contributed by atoms with E-state index in [1.165, 1.54) is 0 Å². The van der Waals surface area contributed by atoms with Crippen LogP contribution in [0.2, 0.25) is 5.02 Å². The van der Waals surface area contributed by atoms with Crippen molar-refractivity contribution in [1.82, 2.24) is 24.8 Å². The molecule has 0 unspecified atom stereocenters. The Morgan fingerprint density at radius 1 is 1.26 bits per heavy atom. The van der Waals surface area contributed by atoms with Gasteiger partial charge in [-0.2, -0.15) is 4.98 Å². The smallest absolute Gasteiger partial charge is 0.278 e. The predicted octanol–water partition coefficient (Wildman–Crippen LogP) is 4.33. The van der Waals surface area contributed by atoms with E-state index in [0.717, 1.165) is 28.9 Å². The van der Waals surface area contributed by atoms with Gasteiger partial charge in [0.2, 0.25) is 0 Å². The Morgan fingerprint density at radius 3 is 3.00 bits per heavy atom. The van der Waals surface area contributed by atoms with Crippen molar-refractivity contribution in [3.05, 3.63) is 52.8 Å². The summed E-state index contributed by atoms with van der Waals surface area (Å²) < 4.78 is 13.0. The molecule has 1 aliphatic heterocycles. The topological polar surface area (TPSA) is 82.8 Å². The Hall–Kier alpha value is -2.93. The van der Waals surface area contributed by atoms with Gasteiger partial charge in [0.1, 0.15) is 6.33 Å². The maximum Gasteiger partial charge on any atom is 0.278 e. The summed E-state index contributed by atoms with van der Waals surface area (Å²) in [5.74, 6) is 2.28. The number of benzene rings is 1. The SMILES string of the molecule is CC(C)Cc1noc(-c2ncn3c2Cc2cnoc2-c2cc(Cl)ccc2-3)n1. The second-order valence-electron chi connectivity index (χ2n) is 7.04. The van der Waals surface area contributed by atoms with Crippen LogP contribution in [0.5, 0.6) is 0 Å². The summed E-state index contributed by atoms with van der Waals surface area (Å²) in [6.45, 7) is 4.24. The predicted molar refractivity (Wildman–Crippen MR) is 98.7 cm³/mol. The molecule has 7 nitrogen and oxygen atoms in total. The van der Waals surface area contributed by atoms with Crippen LogP contribution in [-0.2, 0) is 12.8 Å². The normalized spacial score (nSPS) is 12.6. The molecule has 5 rings (SSSR count). The lowest BCUT2D eigenvalue weighted by atomic mass is 10.1. The zero-order chi connectivity index (χ0) is 18.5. The molecule has 4 aromatic rings. The van der Waals surface area contributed by atoms with Crippen LogP contribution in [0.15, 0.2) is 39.8 Å². The average Bonchev–Trinajstić information content (AvgIpc) is 3.34. The minimum atomic E-state index is 0.426. The fourth-order valence-corrected chi connectivity index (χ4v) is 3.59. The Labute approximate surface area is 160 Å². The van der Waals surface area contributed by atoms with Gasteiger partial charge in [-0.1, -0.05) is 35.8 Å². The second-order valence-corrected chi connectivity index (χ2v) is 7.48. The van der Waals surface area contributed by atoms with Crippen molar-refractivity contribution in [2.45, 2.75) is 26.7 Å². The molecule has 0 aliphatic carbocycles. The van der Waals surface area contributed by atoms with Gasteiger partial charge in [0, 0.05) is 29.0 Å². The first-order valence-electron chi connectivity index (χ1n) is 8.73. The van der Waals surface area contributed by atoms with Crippen molar-refractivity contribution in [2.24, 2.45) is 5.92 Å². The van der Waals surface area contributed by atoms with Gasteiger partial charge in [-0.05, 0) is 24.1 Å². The first kappa shape index (κ1) is 16.3. The minimum absolute atomic E-state index is 0.426. The number of rotatable bonds is 3. The summed E-state index contributed by atoms with van der Waals surface area (Å²) in [4.78, 5) is 9.10. The van der Waals surface area contributed by atoms with E-state index in [0.29, 0.717) is 40.5 Å². The second kappa shape index (κ2) is 6.06. The van der Waals surface area contributed by atoms with Crippen molar-refractivity contribution in [3.8, 4) is 28.6 Å². The quantitative estimate of drug-likeness (QED) is 0.462. The van der Waals surface area contributed by atoms with Crippen LogP contribution in [0, 0.1) is 5.92 Å². The fourth-order valence-electron chi connectivity index (χ4n) is 3.42. The highest BCUT2D eigenvalue weighted by Crippen LogP contribution is 2.38. The highest BCUT2D eigenvalue weighted by atomic mass is 35.5. The van der Waals surface area contributed by atoms with E-state index in [-0.39, 0.29) is 0 Å². The third-order valence-electron chi connectivity index (χ3n) is 4.59. The standard InChI is InChI=1S/C19H16ClN5O2/c1-10(2)5-16-23-19(27-24-16)17-15-6-11-8-22-26-18(11)13-7-12(20)3-4-14(13)25(15)9-21-17/h3-4,7-10H,5-6H2,1-2H3. The van der Waals surface area contributed by atoms with E-state index in [1.54, 1.807) is 12.5 Å². The number of halogens is 1. The molecule has 1 aliphatic rings.